The van der Waals surface area contributed by atoms with Crippen LogP contribution in [-0.4, -0.2) is 45.3 Å². The normalized spacial score (nSPS) is 53.0. The summed E-state index contributed by atoms with van der Waals surface area (Å²) in [7, 11) is 0. The van der Waals surface area contributed by atoms with Crippen LogP contribution in [0.1, 0.15) is 86.5 Å². The van der Waals surface area contributed by atoms with Crippen LogP contribution in [0.25, 0.3) is 0 Å². The highest BCUT2D eigenvalue weighted by Gasteiger charge is 2.66. The van der Waals surface area contributed by atoms with Crippen molar-refractivity contribution in [2.24, 2.45) is 46.3 Å². The highest BCUT2D eigenvalue weighted by Crippen LogP contribution is 2.67. The van der Waals surface area contributed by atoms with Crippen molar-refractivity contribution in [2.45, 2.75) is 117 Å². The van der Waals surface area contributed by atoms with Gasteiger partial charge in [-0.05, 0) is 98.2 Å². The third-order valence-electron chi connectivity index (χ3n) is 11.4. The lowest BCUT2D eigenvalue weighted by molar-refractivity contribution is -0.102. The molecule has 0 radical (unpaired) electrons. The number of rotatable bonds is 4. The summed E-state index contributed by atoms with van der Waals surface area (Å²) in [6, 6.07) is 0. The van der Waals surface area contributed by atoms with Crippen molar-refractivity contribution >= 4 is 0 Å². The third kappa shape index (κ3) is 3.22. The van der Waals surface area contributed by atoms with E-state index in [1.165, 1.54) is 0 Å². The molecular weight excluding hydrogens is 400 g/mol. The number of hydrogen-bond donors (Lipinski definition) is 3. The number of ether oxygens (including phenoxy) is 1. The van der Waals surface area contributed by atoms with Crippen molar-refractivity contribution in [1.82, 2.24) is 0 Å². The molecule has 1 aliphatic heterocycles. The lowest BCUT2D eigenvalue weighted by Gasteiger charge is -2.58. The van der Waals surface area contributed by atoms with Gasteiger partial charge in [0, 0.05) is 0 Å². The van der Waals surface area contributed by atoms with Gasteiger partial charge in [0.15, 0.2) is 0 Å². The van der Waals surface area contributed by atoms with Crippen LogP contribution in [0.5, 0.6) is 0 Å². The second kappa shape index (κ2) is 7.54. The maximum Gasteiger partial charge on any atom is 0.113 e. The van der Waals surface area contributed by atoms with Crippen molar-refractivity contribution in [3.05, 3.63) is 11.6 Å². The average Bonchev–Trinajstić information content (AvgIpc) is 3.44. The van der Waals surface area contributed by atoms with Gasteiger partial charge in [0.05, 0.1) is 23.9 Å². The molecule has 0 bridgehead atoms. The minimum atomic E-state index is -0.808. The molecule has 3 N–H and O–H groups in total. The summed E-state index contributed by atoms with van der Waals surface area (Å²) in [5.41, 5.74) is 0.821. The van der Waals surface area contributed by atoms with Crippen molar-refractivity contribution < 1.29 is 20.1 Å². The maximum atomic E-state index is 11.9. The Labute approximate surface area is 194 Å². The summed E-state index contributed by atoms with van der Waals surface area (Å²) in [5.74, 6) is 2.34. The highest BCUT2D eigenvalue weighted by atomic mass is 16.6. The first kappa shape index (κ1) is 23.3. The average molecular weight is 447 g/mol. The Kier molecular flexibility index (Phi) is 5.49. The molecule has 0 aromatic rings. The van der Waals surface area contributed by atoms with E-state index in [0.717, 1.165) is 44.9 Å². The number of aliphatic hydroxyl groups excluding tert-OH is 2. The second-order valence-electron chi connectivity index (χ2n) is 13.3. The number of epoxide rings is 1. The first-order valence-electron chi connectivity index (χ1n) is 13.4. The fourth-order valence-electron chi connectivity index (χ4n) is 9.08. The Balaban J connectivity index is 1.41. The van der Waals surface area contributed by atoms with Crippen LogP contribution in [-0.2, 0) is 4.74 Å². The van der Waals surface area contributed by atoms with Gasteiger partial charge >= 0.3 is 0 Å². The van der Waals surface area contributed by atoms with E-state index in [1.807, 2.05) is 6.92 Å². The molecule has 32 heavy (non-hydrogen) atoms. The van der Waals surface area contributed by atoms with Crippen molar-refractivity contribution in [3.63, 3.8) is 0 Å². The van der Waals surface area contributed by atoms with Gasteiger partial charge in [-0.3, -0.25) is 0 Å². The van der Waals surface area contributed by atoms with E-state index < -0.39 is 5.60 Å². The summed E-state index contributed by atoms with van der Waals surface area (Å²) in [5, 5.41) is 33.3. The Morgan fingerprint density at radius 3 is 2.47 bits per heavy atom. The van der Waals surface area contributed by atoms with Crippen molar-refractivity contribution in [2.75, 3.05) is 0 Å². The van der Waals surface area contributed by atoms with E-state index in [2.05, 4.69) is 40.7 Å². The molecule has 5 aliphatic rings. The Hall–Kier alpha value is -0.420. The SMILES string of the molecule is CC(C)[C@H](C)[C@@H]1O[C@H]1[C@](C)(O)[C@H]1CC[C@H]2[C@@H]3C[C@H](O)[C@H]4C[C@@H](O)CC[C@]4(C)C3=CC[C@]12C. The van der Waals surface area contributed by atoms with Crippen LogP contribution >= 0.6 is 0 Å². The molecule has 4 aliphatic carbocycles. The van der Waals surface area contributed by atoms with Crippen LogP contribution in [0, 0.1) is 46.3 Å². The third-order valence-corrected chi connectivity index (χ3v) is 11.4. The van der Waals surface area contributed by atoms with Crippen molar-refractivity contribution in [1.29, 1.82) is 0 Å². The fourth-order valence-corrected chi connectivity index (χ4v) is 9.08. The summed E-state index contributed by atoms with van der Waals surface area (Å²) in [6.07, 6.45) is 8.60. The molecule has 5 rings (SSSR count). The maximum absolute atomic E-state index is 11.9. The van der Waals surface area contributed by atoms with E-state index in [9.17, 15) is 15.3 Å². The lowest BCUT2D eigenvalue weighted by atomic mass is 9.47. The largest absolute Gasteiger partial charge is 0.393 e. The monoisotopic (exact) mass is 446 g/mol. The Morgan fingerprint density at radius 2 is 1.78 bits per heavy atom. The van der Waals surface area contributed by atoms with Crippen molar-refractivity contribution in [3.8, 4) is 0 Å². The van der Waals surface area contributed by atoms with Gasteiger partial charge in [-0.1, -0.05) is 46.3 Å². The van der Waals surface area contributed by atoms with Gasteiger partial charge in [0.1, 0.15) is 6.10 Å². The molecule has 0 unspecified atom stereocenters. The van der Waals surface area contributed by atoms with Crippen LogP contribution in [0.15, 0.2) is 11.6 Å². The number of allylic oxidation sites excluding steroid dienone is 2. The second-order valence-corrected chi connectivity index (χ2v) is 13.3. The summed E-state index contributed by atoms with van der Waals surface area (Å²) in [6.45, 7) is 13.5. The minimum absolute atomic E-state index is 0.0148. The van der Waals surface area contributed by atoms with E-state index in [0.29, 0.717) is 23.7 Å². The Bertz CT molecular complexity index is 773. The van der Waals surface area contributed by atoms with Gasteiger partial charge in [-0.25, -0.2) is 0 Å². The summed E-state index contributed by atoms with van der Waals surface area (Å²) < 4.78 is 6.13. The van der Waals surface area contributed by atoms with Gasteiger partial charge in [-0.2, -0.15) is 0 Å². The number of fused-ring (bicyclic) bond motifs is 5. The van der Waals surface area contributed by atoms with E-state index in [-0.39, 0.29) is 47.1 Å². The first-order valence-corrected chi connectivity index (χ1v) is 13.4. The van der Waals surface area contributed by atoms with Gasteiger partial charge < -0.3 is 20.1 Å². The van der Waals surface area contributed by atoms with Crippen LogP contribution < -0.4 is 0 Å². The van der Waals surface area contributed by atoms with Gasteiger partial charge in [0.2, 0.25) is 0 Å². The number of hydrogen-bond acceptors (Lipinski definition) is 4. The molecule has 0 amide bonds. The van der Waals surface area contributed by atoms with Gasteiger partial charge in [0.25, 0.3) is 0 Å². The zero-order valence-electron chi connectivity index (χ0n) is 21.1. The molecule has 1 saturated heterocycles. The minimum Gasteiger partial charge on any atom is -0.393 e. The molecule has 3 saturated carbocycles. The molecular formula is C28H46O4. The predicted octanol–water partition coefficient (Wildman–Crippen LogP) is 4.71. The molecule has 12 atom stereocenters. The Morgan fingerprint density at radius 1 is 1.06 bits per heavy atom. The van der Waals surface area contributed by atoms with Crippen LogP contribution in [0.4, 0.5) is 0 Å². The fraction of sp³-hybridized carbons (Fsp3) is 0.929. The molecule has 0 aromatic carbocycles. The molecule has 182 valence electrons. The molecule has 0 aromatic heterocycles. The lowest BCUT2D eigenvalue weighted by Crippen LogP contribution is -2.55. The molecule has 0 spiro atoms. The standard InChI is InChI=1S/C28H46O4/c1-15(2)16(3)24-25(32-24)28(6,31)23-8-7-19-18-14-22(30)21-13-17(29)9-11-26(21,4)20(18)10-12-27(19,23)5/h10,15-19,21-25,29-31H,7-9,11-14H2,1-6H3/t16-,17-,18-,19-,21+,22-,23-,24-,25+,26+,27-,28+/m0/s1. The molecule has 4 heteroatoms. The van der Waals surface area contributed by atoms with Crippen LogP contribution in [0.3, 0.4) is 0 Å². The highest BCUT2D eigenvalue weighted by molar-refractivity contribution is 5.31. The zero-order chi connectivity index (χ0) is 23.2. The molecule has 4 fully saturated rings. The smallest absolute Gasteiger partial charge is 0.113 e. The zero-order valence-corrected chi connectivity index (χ0v) is 21.1. The predicted molar refractivity (Wildman–Crippen MR) is 126 cm³/mol. The summed E-state index contributed by atoms with van der Waals surface area (Å²) in [4.78, 5) is 0. The first-order chi connectivity index (χ1) is 14.9. The van der Waals surface area contributed by atoms with E-state index >= 15 is 0 Å². The molecule has 4 nitrogen and oxygen atoms in total. The molecule has 1 heterocycles. The van der Waals surface area contributed by atoms with E-state index in [4.69, 9.17) is 4.74 Å². The number of aliphatic hydroxyl groups is 3. The van der Waals surface area contributed by atoms with E-state index in [1.54, 1.807) is 5.57 Å². The quantitative estimate of drug-likeness (QED) is 0.432. The topological polar surface area (TPSA) is 73.2 Å². The van der Waals surface area contributed by atoms with Crippen LogP contribution in [0.2, 0.25) is 0 Å². The summed E-state index contributed by atoms with van der Waals surface area (Å²) >= 11 is 0. The van der Waals surface area contributed by atoms with Gasteiger partial charge in [-0.15, -0.1) is 0 Å².